The molecule has 0 radical (unpaired) electrons. The molecule has 7 heteroatoms. The van der Waals surface area contributed by atoms with E-state index in [2.05, 4.69) is 0 Å². The van der Waals surface area contributed by atoms with E-state index in [-0.39, 0.29) is 47.7 Å². The van der Waals surface area contributed by atoms with Crippen molar-refractivity contribution in [3.05, 3.63) is 28.8 Å². The molecule has 3 rings (SSSR count). The molecule has 2 atom stereocenters. The number of benzene rings is 1. The third-order valence-electron chi connectivity index (χ3n) is 5.57. The minimum absolute atomic E-state index is 0.0153. The summed E-state index contributed by atoms with van der Waals surface area (Å²) in [7, 11) is -3.08. The van der Waals surface area contributed by atoms with E-state index in [4.69, 9.17) is 4.74 Å². The average Bonchev–Trinajstić information content (AvgIpc) is 3.11. The standard InChI is InChI=1S/C21H29NO5S/c1-13(2)10-22(16-7-8-28(25,26)12-16)19(24)11-27-18-6-5-14(3)20-15(4)9-17(23)21(18)20/h5-6,13,15-16H,7-12H2,1-4H3. The number of aryl methyl sites for hydroxylation is 1. The molecule has 1 amide bonds. The highest BCUT2D eigenvalue weighted by Crippen LogP contribution is 2.40. The van der Waals surface area contributed by atoms with Crippen molar-refractivity contribution in [2.75, 3.05) is 24.7 Å². The largest absolute Gasteiger partial charge is 0.483 e. The highest BCUT2D eigenvalue weighted by atomic mass is 32.2. The van der Waals surface area contributed by atoms with Crippen LogP contribution < -0.4 is 4.74 Å². The first-order valence-electron chi connectivity index (χ1n) is 9.88. The average molecular weight is 408 g/mol. The minimum atomic E-state index is -3.08. The molecule has 1 aromatic carbocycles. The van der Waals surface area contributed by atoms with Gasteiger partial charge in [-0.25, -0.2) is 8.42 Å². The van der Waals surface area contributed by atoms with Crippen molar-refractivity contribution in [3.63, 3.8) is 0 Å². The van der Waals surface area contributed by atoms with Crippen LogP contribution in [0.1, 0.15) is 61.0 Å². The molecule has 0 N–H and O–H groups in total. The smallest absolute Gasteiger partial charge is 0.260 e. The lowest BCUT2D eigenvalue weighted by Gasteiger charge is -2.30. The SMILES string of the molecule is Cc1ccc(OCC(=O)N(CC(C)C)C2CCS(=O)(=O)C2)c2c1C(C)CC2=O. The number of carbonyl (C=O) groups excluding carboxylic acids is 2. The summed E-state index contributed by atoms with van der Waals surface area (Å²) < 4.78 is 29.5. The molecule has 1 aromatic rings. The maximum atomic E-state index is 12.9. The summed E-state index contributed by atoms with van der Waals surface area (Å²) in [6, 6.07) is 3.38. The minimum Gasteiger partial charge on any atom is -0.483 e. The van der Waals surface area contributed by atoms with Crippen molar-refractivity contribution in [2.24, 2.45) is 5.92 Å². The number of amides is 1. The van der Waals surface area contributed by atoms with Gasteiger partial charge in [0.25, 0.3) is 5.91 Å². The Labute approximate surface area is 167 Å². The highest BCUT2D eigenvalue weighted by molar-refractivity contribution is 7.91. The predicted molar refractivity (Wildman–Crippen MR) is 108 cm³/mol. The number of hydrogen-bond donors (Lipinski definition) is 0. The summed E-state index contributed by atoms with van der Waals surface area (Å²) in [5.41, 5.74) is 2.67. The molecule has 2 aliphatic rings. The molecule has 1 saturated heterocycles. The van der Waals surface area contributed by atoms with Crippen LogP contribution in [-0.2, 0) is 14.6 Å². The van der Waals surface area contributed by atoms with Crippen LogP contribution in [0.15, 0.2) is 12.1 Å². The molecule has 0 bridgehead atoms. The molecule has 154 valence electrons. The second-order valence-corrected chi connectivity index (χ2v) is 10.7. The Balaban J connectivity index is 1.76. The van der Waals surface area contributed by atoms with E-state index in [9.17, 15) is 18.0 Å². The fraction of sp³-hybridized carbons (Fsp3) is 0.619. The molecular formula is C21H29NO5S. The van der Waals surface area contributed by atoms with Gasteiger partial charge >= 0.3 is 0 Å². The van der Waals surface area contributed by atoms with E-state index in [1.54, 1.807) is 11.0 Å². The first-order valence-corrected chi connectivity index (χ1v) is 11.7. The van der Waals surface area contributed by atoms with Gasteiger partial charge in [0.1, 0.15) is 5.75 Å². The van der Waals surface area contributed by atoms with E-state index < -0.39 is 9.84 Å². The Morgan fingerprint density at radius 1 is 1.32 bits per heavy atom. The molecule has 1 aliphatic heterocycles. The van der Waals surface area contributed by atoms with Crippen LogP contribution in [0.2, 0.25) is 0 Å². The predicted octanol–water partition coefficient (Wildman–Crippen LogP) is 2.74. The van der Waals surface area contributed by atoms with Gasteiger partial charge in [0.2, 0.25) is 0 Å². The maximum absolute atomic E-state index is 12.9. The Bertz CT molecular complexity index is 890. The zero-order chi connectivity index (χ0) is 20.6. The van der Waals surface area contributed by atoms with Gasteiger partial charge in [0.15, 0.2) is 22.2 Å². The summed E-state index contributed by atoms with van der Waals surface area (Å²) in [6.07, 6.45) is 0.931. The molecule has 0 saturated carbocycles. The molecule has 0 aromatic heterocycles. The van der Waals surface area contributed by atoms with E-state index >= 15 is 0 Å². The van der Waals surface area contributed by atoms with Crippen LogP contribution in [0.3, 0.4) is 0 Å². The summed E-state index contributed by atoms with van der Waals surface area (Å²) in [5, 5.41) is 0. The summed E-state index contributed by atoms with van der Waals surface area (Å²) >= 11 is 0. The van der Waals surface area contributed by atoms with Crippen molar-refractivity contribution in [1.82, 2.24) is 4.90 Å². The van der Waals surface area contributed by atoms with Crippen LogP contribution in [0.25, 0.3) is 0 Å². The Morgan fingerprint density at radius 2 is 2.04 bits per heavy atom. The maximum Gasteiger partial charge on any atom is 0.260 e. The first-order chi connectivity index (χ1) is 13.1. The van der Waals surface area contributed by atoms with Crippen molar-refractivity contribution in [3.8, 4) is 5.75 Å². The zero-order valence-electron chi connectivity index (χ0n) is 17.0. The van der Waals surface area contributed by atoms with E-state index in [1.807, 2.05) is 33.8 Å². The van der Waals surface area contributed by atoms with Gasteiger partial charge in [-0.3, -0.25) is 9.59 Å². The van der Waals surface area contributed by atoms with Gasteiger partial charge in [0, 0.05) is 19.0 Å². The molecular weight excluding hydrogens is 378 g/mol. The second-order valence-electron chi connectivity index (χ2n) is 8.48. The number of carbonyl (C=O) groups is 2. The number of hydrogen-bond acceptors (Lipinski definition) is 5. The highest BCUT2D eigenvalue weighted by Gasteiger charge is 2.35. The topological polar surface area (TPSA) is 80.8 Å². The van der Waals surface area contributed by atoms with Crippen LogP contribution in [-0.4, -0.2) is 55.7 Å². The number of nitrogens with zero attached hydrogens (tertiary/aromatic N) is 1. The second kappa shape index (κ2) is 7.85. The Morgan fingerprint density at radius 3 is 2.64 bits per heavy atom. The third kappa shape index (κ3) is 4.24. The summed E-state index contributed by atoms with van der Waals surface area (Å²) in [4.78, 5) is 26.9. The molecule has 1 fully saturated rings. The molecule has 28 heavy (non-hydrogen) atoms. The fourth-order valence-electron chi connectivity index (χ4n) is 4.32. The van der Waals surface area contributed by atoms with Crippen LogP contribution in [0.4, 0.5) is 0 Å². The van der Waals surface area contributed by atoms with Gasteiger partial charge in [0.05, 0.1) is 17.1 Å². The van der Waals surface area contributed by atoms with Crippen molar-refractivity contribution >= 4 is 21.5 Å². The Kier molecular flexibility index (Phi) is 5.84. The van der Waals surface area contributed by atoms with E-state index in [0.29, 0.717) is 30.7 Å². The first kappa shape index (κ1) is 20.8. The van der Waals surface area contributed by atoms with Crippen molar-refractivity contribution in [1.29, 1.82) is 0 Å². The Hall–Kier alpha value is -1.89. The fourth-order valence-corrected chi connectivity index (χ4v) is 6.05. The van der Waals surface area contributed by atoms with Gasteiger partial charge in [-0.15, -0.1) is 0 Å². The van der Waals surface area contributed by atoms with Crippen molar-refractivity contribution < 1.29 is 22.7 Å². The van der Waals surface area contributed by atoms with Gasteiger partial charge in [-0.1, -0.05) is 26.8 Å². The molecule has 1 aliphatic carbocycles. The van der Waals surface area contributed by atoms with Gasteiger partial charge in [-0.2, -0.15) is 0 Å². The zero-order valence-corrected chi connectivity index (χ0v) is 17.8. The number of Topliss-reactive ketones (excluding diaryl/α,β-unsaturated/α-hetero) is 1. The molecule has 0 spiro atoms. The monoisotopic (exact) mass is 407 g/mol. The van der Waals surface area contributed by atoms with Crippen molar-refractivity contribution in [2.45, 2.75) is 52.5 Å². The lowest BCUT2D eigenvalue weighted by atomic mass is 9.97. The van der Waals surface area contributed by atoms with Gasteiger partial charge in [-0.05, 0) is 42.4 Å². The number of ketones is 1. The quantitative estimate of drug-likeness (QED) is 0.724. The molecule has 1 heterocycles. The van der Waals surface area contributed by atoms with Crippen LogP contribution in [0, 0.1) is 12.8 Å². The van der Waals surface area contributed by atoms with Crippen LogP contribution >= 0.6 is 0 Å². The number of fused-ring (bicyclic) bond motifs is 1. The lowest BCUT2D eigenvalue weighted by molar-refractivity contribution is -0.135. The van der Waals surface area contributed by atoms with E-state index in [1.165, 1.54) is 0 Å². The normalized spacial score (nSPS) is 23.1. The summed E-state index contributed by atoms with van der Waals surface area (Å²) in [6.45, 7) is 8.30. The van der Waals surface area contributed by atoms with Gasteiger partial charge < -0.3 is 9.64 Å². The molecule has 2 unspecified atom stereocenters. The van der Waals surface area contributed by atoms with E-state index in [0.717, 1.165) is 11.1 Å². The number of sulfone groups is 1. The van der Waals surface area contributed by atoms with Crippen LogP contribution in [0.5, 0.6) is 5.75 Å². The number of ether oxygens (including phenoxy) is 1. The summed E-state index contributed by atoms with van der Waals surface area (Å²) in [5.74, 6) is 0.783. The lowest BCUT2D eigenvalue weighted by Crippen LogP contribution is -2.45. The molecule has 6 nitrogen and oxygen atoms in total. The third-order valence-corrected chi connectivity index (χ3v) is 7.32. The number of rotatable bonds is 6.